The van der Waals surface area contributed by atoms with Gasteiger partial charge in [-0.3, -0.25) is 4.79 Å². The molecule has 2 N–H and O–H groups in total. The third kappa shape index (κ3) is 4.19. The molecule has 1 aromatic rings. The molecule has 0 aliphatic heterocycles. The normalized spacial score (nSPS) is 12.8. The van der Waals surface area contributed by atoms with Crippen molar-refractivity contribution in [2.24, 2.45) is 0 Å². The van der Waals surface area contributed by atoms with Crippen molar-refractivity contribution >= 4 is 5.82 Å². The van der Waals surface area contributed by atoms with Crippen molar-refractivity contribution in [2.75, 3.05) is 11.9 Å². The molecule has 0 saturated heterocycles. The standard InChI is InChI=1S/C12H21N3O2/c1-9(2)15-8-7-14-11(12(15)17)13-6-4-5-10(3)16/h7-10,16H,4-6H2,1-3H3,(H,13,14). The fourth-order valence-electron chi connectivity index (χ4n) is 1.56. The molecule has 1 unspecified atom stereocenters. The number of hydrogen-bond donors (Lipinski definition) is 2. The smallest absolute Gasteiger partial charge is 0.293 e. The van der Waals surface area contributed by atoms with Crippen molar-refractivity contribution in [1.29, 1.82) is 0 Å². The molecule has 1 atom stereocenters. The Morgan fingerprint density at radius 3 is 2.76 bits per heavy atom. The van der Waals surface area contributed by atoms with Crippen molar-refractivity contribution < 1.29 is 5.11 Å². The Bertz CT molecular complexity index is 399. The summed E-state index contributed by atoms with van der Waals surface area (Å²) >= 11 is 0. The number of hydrogen-bond acceptors (Lipinski definition) is 4. The Kier molecular flexibility index (Phi) is 5.15. The summed E-state index contributed by atoms with van der Waals surface area (Å²) in [6.45, 7) is 6.32. The van der Waals surface area contributed by atoms with Crippen molar-refractivity contribution in [1.82, 2.24) is 9.55 Å². The lowest BCUT2D eigenvalue weighted by Gasteiger charge is -2.11. The quantitative estimate of drug-likeness (QED) is 0.736. The van der Waals surface area contributed by atoms with Crippen LogP contribution in [0.2, 0.25) is 0 Å². The molecular formula is C12H21N3O2. The molecule has 0 fully saturated rings. The van der Waals surface area contributed by atoms with Gasteiger partial charge in [0.1, 0.15) is 0 Å². The first-order valence-corrected chi connectivity index (χ1v) is 6.01. The van der Waals surface area contributed by atoms with Gasteiger partial charge in [-0.1, -0.05) is 0 Å². The van der Waals surface area contributed by atoms with Gasteiger partial charge >= 0.3 is 0 Å². The average Bonchev–Trinajstić information content (AvgIpc) is 2.25. The summed E-state index contributed by atoms with van der Waals surface area (Å²) in [7, 11) is 0. The first-order valence-electron chi connectivity index (χ1n) is 6.01. The summed E-state index contributed by atoms with van der Waals surface area (Å²) in [6, 6.07) is 0.128. The molecule has 0 aliphatic rings. The molecular weight excluding hydrogens is 218 g/mol. The second-order valence-electron chi connectivity index (χ2n) is 4.50. The van der Waals surface area contributed by atoms with Crippen LogP contribution in [0.25, 0.3) is 0 Å². The van der Waals surface area contributed by atoms with Crippen molar-refractivity contribution in [3.05, 3.63) is 22.7 Å². The van der Waals surface area contributed by atoms with Crippen molar-refractivity contribution in [3.8, 4) is 0 Å². The van der Waals surface area contributed by atoms with E-state index in [0.29, 0.717) is 12.4 Å². The summed E-state index contributed by atoms with van der Waals surface area (Å²) in [5.74, 6) is 0.381. The molecule has 1 heterocycles. The van der Waals surface area contributed by atoms with Gasteiger partial charge in [0.05, 0.1) is 6.10 Å². The third-order valence-electron chi connectivity index (χ3n) is 2.52. The highest BCUT2D eigenvalue weighted by Crippen LogP contribution is 2.02. The van der Waals surface area contributed by atoms with E-state index in [1.807, 2.05) is 13.8 Å². The molecule has 0 amide bonds. The summed E-state index contributed by atoms with van der Waals surface area (Å²) in [5.41, 5.74) is -0.0976. The van der Waals surface area contributed by atoms with Gasteiger partial charge in [0.2, 0.25) is 0 Å². The number of rotatable bonds is 6. The monoisotopic (exact) mass is 239 g/mol. The van der Waals surface area contributed by atoms with E-state index in [1.165, 1.54) is 0 Å². The number of anilines is 1. The Labute approximate surface area is 102 Å². The highest BCUT2D eigenvalue weighted by Gasteiger charge is 2.06. The van der Waals surface area contributed by atoms with Crippen LogP contribution in [0, 0.1) is 0 Å². The van der Waals surface area contributed by atoms with Crippen LogP contribution in [0.5, 0.6) is 0 Å². The molecule has 0 aliphatic carbocycles. The molecule has 0 bridgehead atoms. The summed E-state index contributed by atoms with van der Waals surface area (Å²) < 4.78 is 1.64. The van der Waals surface area contributed by atoms with E-state index in [9.17, 15) is 4.79 Å². The first-order chi connectivity index (χ1) is 8.02. The second-order valence-corrected chi connectivity index (χ2v) is 4.50. The summed E-state index contributed by atoms with van der Waals surface area (Å²) in [4.78, 5) is 16.0. The number of aromatic nitrogens is 2. The first kappa shape index (κ1) is 13.7. The Morgan fingerprint density at radius 2 is 2.18 bits per heavy atom. The molecule has 17 heavy (non-hydrogen) atoms. The van der Waals surface area contributed by atoms with Gasteiger partial charge < -0.3 is 15.0 Å². The topological polar surface area (TPSA) is 67.2 Å². The molecule has 0 radical (unpaired) electrons. The van der Waals surface area contributed by atoms with Crippen molar-refractivity contribution in [2.45, 2.75) is 45.8 Å². The SMILES string of the molecule is CC(O)CCCNc1nccn(C(C)C)c1=O. The van der Waals surface area contributed by atoms with Gasteiger partial charge in [-0.05, 0) is 33.6 Å². The largest absolute Gasteiger partial charge is 0.393 e. The maximum atomic E-state index is 11.9. The molecule has 1 rings (SSSR count). The molecule has 0 spiro atoms. The Morgan fingerprint density at radius 1 is 1.47 bits per heavy atom. The minimum Gasteiger partial charge on any atom is -0.393 e. The van der Waals surface area contributed by atoms with Crippen LogP contribution < -0.4 is 10.9 Å². The zero-order valence-corrected chi connectivity index (χ0v) is 10.7. The lowest BCUT2D eigenvalue weighted by molar-refractivity contribution is 0.183. The lowest BCUT2D eigenvalue weighted by atomic mass is 10.2. The van der Waals surface area contributed by atoms with E-state index in [4.69, 9.17) is 5.11 Å². The van der Waals surface area contributed by atoms with Crippen LogP contribution in [-0.4, -0.2) is 27.3 Å². The van der Waals surface area contributed by atoms with E-state index in [0.717, 1.165) is 12.8 Å². The molecule has 0 saturated carbocycles. The summed E-state index contributed by atoms with van der Waals surface area (Å²) in [6.07, 6.45) is 4.55. The Hall–Kier alpha value is -1.36. The minimum absolute atomic E-state index is 0.0976. The molecule has 5 heteroatoms. The Balaban J connectivity index is 2.60. The van der Waals surface area contributed by atoms with Gasteiger partial charge in [-0.15, -0.1) is 0 Å². The molecule has 1 aromatic heterocycles. The number of aliphatic hydroxyl groups is 1. The van der Waals surface area contributed by atoms with Crippen LogP contribution in [0.15, 0.2) is 17.2 Å². The molecule has 0 aromatic carbocycles. The number of nitrogens with one attached hydrogen (secondary N) is 1. The van der Waals surface area contributed by atoms with Crippen LogP contribution in [-0.2, 0) is 0 Å². The number of aliphatic hydroxyl groups excluding tert-OH is 1. The predicted molar refractivity (Wildman–Crippen MR) is 68.3 cm³/mol. The van der Waals surface area contributed by atoms with E-state index < -0.39 is 0 Å². The van der Waals surface area contributed by atoms with Gasteiger partial charge in [0, 0.05) is 25.0 Å². The number of nitrogens with zero attached hydrogens (tertiary/aromatic N) is 2. The van der Waals surface area contributed by atoms with Gasteiger partial charge in [-0.25, -0.2) is 4.98 Å². The predicted octanol–water partition coefficient (Wildman–Crippen LogP) is 1.40. The molecule has 5 nitrogen and oxygen atoms in total. The highest BCUT2D eigenvalue weighted by molar-refractivity contribution is 5.30. The maximum absolute atomic E-state index is 11.9. The van der Waals surface area contributed by atoms with E-state index in [2.05, 4.69) is 10.3 Å². The van der Waals surface area contributed by atoms with Crippen molar-refractivity contribution in [3.63, 3.8) is 0 Å². The van der Waals surface area contributed by atoms with Gasteiger partial charge in [-0.2, -0.15) is 0 Å². The highest BCUT2D eigenvalue weighted by atomic mass is 16.3. The van der Waals surface area contributed by atoms with E-state index in [1.54, 1.807) is 23.9 Å². The van der Waals surface area contributed by atoms with E-state index >= 15 is 0 Å². The van der Waals surface area contributed by atoms with Crippen LogP contribution >= 0.6 is 0 Å². The van der Waals surface area contributed by atoms with Gasteiger partial charge in [0.25, 0.3) is 5.56 Å². The third-order valence-corrected chi connectivity index (χ3v) is 2.52. The van der Waals surface area contributed by atoms with Gasteiger partial charge in [0.15, 0.2) is 5.82 Å². The van der Waals surface area contributed by atoms with E-state index in [-0.39, 0.29) is 17.7 Å². The second kappa shape index (κ2) is 6.39. The van der Waals surface area contributed by atoms with Crippen LogP contribution in [0.1, 0.15) is 39.7 Å². The fourth-order valence-corrected chi connectivity index (χ4v) is 1.56. The fraction of sp³-hybridized carbons (Fsp3) is 0.667. The average molecular weight is 239 g/mol. The van der Waals surface area contributed by atoms with Crippen LogP contribution in [0.3, 0.4) is 0 Å². The van der Waals surface area contributed by atoms with Crippen LogP contribution in [0.4, 0.5) is 5.82 Å². The molecule has 96 valence electrons. The lowest BCUT2D eigenvalue weighted by Crippen LogP contribution is -2.26. The summed E-state index contributed by atoms with van der Waals surface area (Å²) in [5, 5.41) is 12.1. The zero-order chi connectivity index (χ0) is 12.8. The minimum atomic E-state index is -0.298. The maximum Gasteiger partial charge on any atom is 0.293 e. The zero-order valence-electron chi connectivity index (χ0n) is 10.7.